The maximum atomic E-state index is 13.2. The van der Waals surface area contributed by atoms with Crippen LogP contribution in [0, 0.1) is 0 Å². The van der Waals surface area contributed by atoms with E-state index in [2.05, 4.69) is 31.9 Å². The summed E-state index contributed by atoms with van der Waals surface area (Å²) in [5.41, 5.74) is 2.80. The van der Waals surface area contributed by atoms with E-state index in [0.717, 1.165) is 37.9 Å². The summed E-state index contributed by atoms with van der Waals surface area (Å²) in [5.74, 6) is 0.695. The predicted octanol–water partition coefficient (Wildman–Crippen LogP) is 7.43. The lowest BCUT2D eigenvalue weighted by atomic mass is 10.2. The standard InChI is InChI=1S/C27H24Br2N2O3S/c1-33-15-5-14-31-26(32)25(35-27(31)30-22-6-3-2-4-7-22)17-20-10-13-24(23(29)16-20)34-18-19-8-11-21(28)12-9-19/h2-4,6-13,16-17H,5,14-15,18H2,1H3/b25-17-,30-27?. The molecule has 180 valence electrons. The van der Waals surface area contributed by atoms with E-state index in [-0.39, 0.29) is 5.91 Å². The summed E-state index contributed by atoms with van der Waals surface area (Å²) < 4.78 is 13.0. The van der Waals surface area contributed by atoms with Gasteiger partial charge < -0.3 is 9.47 Å². The van der Waals surface area contributed by atoms with Crippen LogP contribution in [0.25, 0.3) is 6.08 Å². The maximum absolute atomic E-state index is 13.2. The summed E-state index contributed by atoms with van der Waals surface area (Å²) >= 11 is 8.44. The Bertz CT molecular complexity index is 1230. The van der Waals surface area contributed by atoms with E-state index in [4.69, 9.17) is 14.5 Å². The Labute approximate surface area is 226 Å². The fourth-order valence-electron chi connectivity index (χ4n) is 3.39. The molecule has 4 rings (SSSR count). The zero-order valence-corrected chi connectivity index (χ0v) is 23.1. The molecule has 1 aliphatic rings. The molecule has 0 bridgehead atoms. The van der Waals surface area contributed by atoms with Crippen molar-refractivity contribution in [2.24, 2.45) is 4.99 Å². The molecule has 0 unspecified atom stereocenters. The number of para-hydroxylation sites is 1. The van der Waals surface area contributed by atoms with Crippen molar-refractivity contribution in [3.63, 3.8) is 0 Å². The number of thioether (sulfide) groups is 1. The van der Waals surface area contributed by atoms with Gasteiger partial charge in [-0.15, -0.1) is 0 Å². The van der Waals surface area contributed by atoms with Crippen LogP contribution in [0.1, 0.15) is 17.5 Å². The van der Waals surface area contributed by atoms with Gasteiger partial charge in [-0.25, -0.2) is 4.99 Å². The summed E-state index contributed by atoms with van der Waals surface area (Å²) in [6, 6.07) is 23.5. The SMILES string of the molecule is COCCCN1C(=O)/C(=C/c2ccc(OCc3ccc(Br)cc3)c(Br)c2)SC1=Nc1ccccc1. The number of carbonyl (C=O) groups excluding carboxylic acids is 1. The fraction of sp³-hybridized carbons (Fsp3) is 0.185. The van der Waals surface area contributed by atoms with Gasteiger partial charge in [0, 0.05) is 24.7 Å². The van der Waals surface area contributed by atoms with Gasteiger partial charge >= 0.3 is 0 Å². The van der Waals surface area contributed by atoms with E-state index in [1.165, 1.54) is 11.8 Å². The molecule has 0 aromatic heterocycles. The minimum Gasteiger partial charge on any atom is -0.488 e. The number of amides is 1. The molecule has 0 aliphatic carbocycles. The van der Waals surface area contributed by atoms with Gasteiger partial charge in [-0.3, -0.25) is 9.69 Å². The molecule has 1 aliphatic heterocycles. The monoisotopic (exact) mass is 614 g/mol. The predicted molar refractivity (Wildman–Crippen MR) is 150 cm³/mol. The maximum Gasteiger partial charge on any atom is 0.266 e. The van der Waals surface area contributed by atoms with E-state index in [1.807, 2.05) is 78.9 Å². The highest BCUT2D eigenvalue weighted by atomic mass is 79.9. The fourth-order valence-corrected chi connectivity index (χ4v) is 5.19. The van der Waals surface area contributed by atoms with Crippen molar-refractivity contribution >= 4 is 66.5 Å². The normalized spacial score (nSPS) is 15.9. The number of nitrogens with zero attached hydrogens (tertiary/aromatic N) is 2. The highest BCUT2D eigenvalue weighted by molar-refractivity contribution is 9.10. The van der Waals surface area contributed by atoms with Crippen LogP contribution in [0.2, 0.25) is 0 Å². The van der Waals surface area contributed by atoms with Gasteiger partial charge in [-0.05, 0) is 87.7 Å². The average Bonchev–Trinajstić information content (AvgIpc) is 3.14. The molecule has 1 saturated heterocycles. The Morgan fingerprint density at radius 2 is 1.80 bits per heavy atom. The van der Waals surface area contributed by atoms with E-state index >= 15 is 0 Å². The van der Waals surface area contributed by atoms with Crippen LogP contribution in [0.15, 0.2) is 91.6 Å². The number of halogens is 2. The highest BCUT2D eigenvalue weighted by Crippen LogP contribution is 2.35. The lowest BCUT2D eigenvalue weighted by Crippen LogP contribution is -2.30. The number of methoxy groups -OCH3 is 1. The van der Waals surface area contributed by atoms with Crippen molar-refractivity contribution in [2.75, 3.05) is 20.3 Å². The summed E-state index contributed by atoms with van der Waals surface area (Å²) in [7, 11) is 1.66. The summed E-state index contributed by atoms with van der Waals surface area (Å²) in [5, 5.41) is 0.678. The van der Waals surface area contributed by atoms with Crippen molar-refractivity contribution < 1.29 is 14.3 Å². The number of carbonyl (C=O) groups is 1. The van der Waals surface area contributed by atoms with E-state index in [1.54, 1.807) is 12.0 Å². The zero-order chi connectivity index (χ0) is 24.6. The molecular weight excluding hydrogens is 592 g/mol. The number of hydrogen-bond donors (Lipinski definition) is 0. The third-order valence-electron chi connectivity index (χ3n) is 5.16. The average molecular weight is 616 g/mol. The molecule has 1 fully saturated rings. The lowest BCUT2D eigenvalue weighted by Gasteiger charge is -2.15. The number of hydrogen-bond acceptors (Lipinski definition) is 5. The molecule has 35 heavy (non-hydrogen) atoms. The molecule has 0 spiro atoms. The first kappa shape index (κ1) is 25.7. The molecule has 1 heterocycles. The van der Waals surface area contributed by atoms with Gasteiger partial charge in [0.05, 0.1) is 15.1 Å². The van der Waals surface area contributed by atoms with Crippen molar-refractivity contribution in [3.8, 4) is 5.75 Å². The van der Waals surface area contributed by atoms with Gasteiger partial charge in [0.15, 0.2) is 5.17 Å². The van der Waals surface area contributed by atoms with E-state index in [0.29, 0.717) is 29.8 Å². The van der Waals surface area contributed by atoms with Crippen molar-refractivity contribution in [1.29, 1.82) is 0 Å². The van der Waals surface area contributed by atoms with Crippen molar-refractivity contribution in [2.45, 2.75) is 13.0 Å². The first-order valence-corrected chi connectivity index (χ1v) is 13.4. The largest absolute Gasteiger partial charge is 0.488 e. The van der Waals surface area contributed by atoms with Crippen LogP contribution in [-0.2, 0) is 16.1 Å². The second-order valence-electron chi connectivity index (χ2n) is 7.75. The number of ether oxygens (including phenoxy) is 2. The molecule has 0 N–H and O–H groups in total. The van der Waals surface area contributed by atoms with Crippen molar-refractivity contribution in [3.05, 3.63) is 97.8 Å². The minimum atomic E-state index is -0.0486. The molecule has 1 amide bonds. The summed E-state index contributed by atoms with van der Waals surface area (Å²) in [6.45, 7) is 1.60. The molecule has 0 radical (unpaired) electrons. The van der Waals surface area contributed by atoms with E-state index < -0.39 is 0 Å². The van der Waals surface area contributed by atoms with Crippen LogP contribution in [-0.4, -0.2) is 36.2 Å². The molecular formula is C27H24Br2N2O3S. The Morgan fingerprint density at radius 1 is 1.03 bits per heavy atom. The van der Waals surface area contributed by atoms with Gasteiger partial charge in [0.2, 0.25) is 0 Å². The summed E-state index contributed by atoms with van der Waals surface area (Å²) in [6.07, 6.45) is 2.63. The zero-order valence-electron chi connectivity index (χ0n) is 19.1. The Kier molecular flexibility index (Phi) is 9.20. The Balaban J connectivity index is 1.51. The number of amidine groups is 1. The Morgan fingerprint density at radius 3 is 2.51 bits per heavy atom. The highest BCUT2D eigenvalue weighted by Gasteiger charge is 2.33. The van der Waals surface area contributed by atoms with E-state index in [9.17, 15) is 4.79 Å². The van der Waals surface area contributed by atoms with Gasteiger partial charge in [0.1, 0.15) is 12.4 Å². The van der Waals surface area contributed by atoms with Crippen molar-refractivity contribution in [1.82, 2.24) is 4.90 Å². The van der Waals surface area contributed by atoms with Crippen LogP contribution < -0.4 is 4.74 Å². The van der Waals surface area contributed by atoms with Crippen LogP contribution in [0.4, 0.5) is 5.69 Å². The first-order chi connectivity index (χ1) is 17.0. The summed E-state index contributed by atoms with van der Waals surface area (Å²) in [4.78, 5) is 20.3. The third kappa shape index (κ3) is 7.07. The third-order valence-corrected chi connectivity index (χ3v) is 7.32. The molecule has 8 heteroatoms. The number of aliphatic imine (C=N–C) groups is 1. The van der Waals surface area contributed by atoms with Crippen LogP contribution in [0.5, 0.6) is 5.75 Å². The van der Waals surface area contributed by atoms with Gasteiger partial charge in [-0.2, -0.15) is 0 Å². The van der Waals surface area contributed by atoms with Crippen LogP contribution in [0.3, 0.4) is 0 Å². The molecule has 0 atom stereocenters. The number of benzene rings is 3. The second-order valence-corrected chi connectivity index (χ2v) is 10.5. The minimum absolute atomic E-state index is 0.0486. The molecule has 3 aromatic rings. The van der Waals surface area contributed by atoms with Gasteiger partial charge in [-0.1, -0.05) is 52.3 Å². The number of rotatable bonds is 9. The molecule has 5 nitrogen and oxygen atoms in total. The topological polar surface area (TPSA) is 51.1 Å². The lowest BCUT2D eigenvalue weighted by molar-refractivity contribution is -0.122. The first-order valence-electron chi connectivity index (χ1n) is 11.0. The van der Waals surface area contributed by atoms with Gasteiger partial charge in [0.25, 0.3) is 5.91 Å². The van der Waals surface area contributed by atoms with Crippen LogP contribution >= 0.6 is 43.6 Å². The molecule has 3 aromatic carbocycles. The molecule has 0 saturated carbocycles. The quantitative estimate of drug-likeness (QED) is 0.186. The smallest absolute Gasteiger partial charge is 0.266 e. The second kappa shape index (κ2) is 12.5. The Hall–Kier alpha value is -2.39.